The predicted molar refractivity (Wildman–Crippen MR) is 134 cm³/mol. The summed E-state index contributed by atoms with van der Waals surface area (Å²) in [6.07, 6.45) is 4.76. The van der Waals surface area contributed by atoms with Gasteiger partial charge >= 0.3 is 0 Å². The fourth-order valence-electron chi connectivity index (χ4n) is 6.02. The van der Waals surface area contributed by atoms with Crippen LogP contribution >= 0.6 is 0 Å². The second-order valence-electron chi connectivity index (χ2n) is 11.3. The monoisotopic (exact) mass is 450 g/mol. The van der Waals surface area contributed by atoms with Crippen molar-refractivity contribution in [1.29, 1.82) is 0 Å². The Balaban J connectivity index is 1.41. The van der Waals surface area contributed by atoms with E-state index < -0.39 is 0 Å². The van der Waals surface area contributed by atoms with E-state index in [4.69, 9.17) is 4.42 Å². The Morgan fingerprint density at radius 2 is 1.65 bits per heavy atom. The van der Waals surface area contributed by atoms with Crippen molar-refractivity contribution in [2.75, 3.05) is 0 Å². The summed E-state index contributed by atoms with van der Waals surface area (Å²) >= 11 is 0. The molecule has 3 atom stereocenters. The molecule has 1 saturated carbocycles. The van der Waals surface area contributed by atoms with Crippen LogP contribution in [0.4, 0.5) is 0 Å². The van der Waals surface area contributed by atoms with E-state index in [1.807, 2.05) is 0 Å². The molecule has 2 aromatic carbocycles. The summed E-state index contributed by atoms with van der Waals surface area (Å²) in [5.74, 6) is 2.27. The number of hydrogen-bond acceptors (Lipinski definition) is 3. The highest BCUT2D eigenvalue weighted by Crippen LogP contribution is 2.53. The molecule has 0 saturated heterocycles. The van der Waals surface area contributed by atoms with Crippen molar-refractivity contribution in [3.8, 4) is 34.2 Å². The minimum absolute atomic E-state index is 0.113. The van der Waals surface area contributed by atoms with Crippen LogP contribution in [0, 0.1) is 5.92 Å². The van der Waals surface area contributed by atoms with E-state index in [-0.39, 0.29) is 11.0 Å². The molecule has 0 bridgehead atoms. The topological polar surface area (TPSA) is 42.8 Å². The lowest BCUT2D eigenvalue weighted by atomic mass is 9.61. The SMILES string of the molecule is CC1c2ccc(-c3nnc(-c4ccc(C(C)(C)C)cc4)o3)cc2-c2cccc[n+]2C2(C)CCC12. The van der Waals surface area contributed by atoms with E-state index in [2.05, 4.69) is 116 Å². The normalized spacial score (nSPS) is 23.3. The van der Waals surface area contributed by atoms with Crippen LogP contribution in [0.1, 0.15) is 64.5 Å². The molecule has 2 aliphatic rings. The van der Waals surface area contributed by atoms with Crippen molar-refractivity contribution in [2.24, 2.45) is 5.92 Å². The molecular weight excluding hydrogens is 418 g/mol. The van der Waals surface area contributed by atoms with Crippen molar-refractivity contribution >= 4 is 0 Å². The molecule has 3 heterocycles. The van der Waals surface area contributed by atoms with Crippen molar-refractivity contribution in [3.05, 3.63) is 78.0 Å². The highest BCUT2D eigenvalue weighted by Gasteiger charge is 2.56. The van der Waals surface area contributed by atoms with Gasteiger partial charge in [-0.25, -0.2) is 0 Å². The van der Waals surface area contributed by atoms with Gasteiger partial charge in [0.05, 0.1) is 5.56 Å². The van der Waals surface area contributed by atoms with E-state index in [9.17, 15) is 0 Å². The van der Waals surface area contributed by atoms with Gasteiger partial charge in [0, 0.05) is 42.5 Å². The van der Waals surface area contributed by atoms with Crippen LogP contribution < -0.4 is 4.57 Å². The summed E-state index contributed by atoms with van der Waals surface area (Å²) < 4.78 is 8.67. The van der Waals surface area contributed by atoms with Crippen LogP contribution in [-0.4, -0.2) is 10.2 Å². The molecule has 1 fully saturated rings. The summed E-state index contributed by atoms with van der Waals surface area (Å²) in [6.45, 7) is 11.5. The van der Waals surface area contributed by atoms with Gasteiger partial charge in [-0.05, 0) is 59.2 Å². The fourth-order valence-corrected chi connectivity index (χ4v) is 6.02. The molecule has 0 amide bonds. The van der Waals surface area contributed by atoms with Gasteiger partial charge in [0.15, 0.2) is 11.7 Å². The molecule has 172 valence electrons. The van der Waals surface area contributed by atoms with Gasteiger partial charge in [-0.1, -0.05) is 45.9 Å². The second-order valence-corrected chi connectivity index (χ2v) is 11.3. The molecule has 34 heavy (non-hydrogen) atoms. The maximum atomic E-state index is 6.16. The largest absolute Gasteiger partial charge is 0.416 e. The van der Waals surface area contributed by atoms with Gasteiger partial charge in [0.1, 0.15) is 0 Å². The fraction of sp³-hybridized carbons (Fsp3) is 0.367. The average molecular weight is 451 g/mol. The van der Waals surface area contributed by atoms with Crippen LogP contribution in [-0.2, 0) is 11.0 Å². The molecule has 3 unspecified atom stereocenters. The number of aromatic nitrogens is 3. The molecule has 0 radical (unpaired) electrons. The van der Waals surface area contributed by atoms with Crippen molar-refractivity contribution < 1.29 is 8.98 Å². The van der Waals surface area contributed by atoms with Crippen LogP contribution in [0.25, 0.3) is 34.2 Å². The third-order valence-corrected chi connectivity index (χ3v) is 8.26. The summed E-state index contributed by atoms with van der Waals surface area (Å²) in [5.41, 5.74) is 7.44. The Bertz CT molecular complexity index is 1380. The number of rotatable bonds is 2. The van der Waals surface area contributed by atoms with Crippen molar-refractivity contribution in [2.45, 2.75) is 64.3 Å². The van der Waals surface area contributed by atoms with E-state index >= 15 is 0 Å². The second kappa shape index (κ2) is 7.36. The lowest BCUT2D eigenvalue weighted by Crippen LogP contribution is -2.64. The minimum Gasteiger partial charge on any atom is -0.416 e. The zero-order chi connectivity index (χ0) is 23.7. The van der Waals surface area contributed by atoms with E-state index in [0.717, 1.165) is 11.1 Å². The third-order valence-electron chi connectivity index (χ3n) is 8.26. The highest BCUT2D eigenvalue weighted by atomic mass is 16.4. The van der Waals surface area contributed by atoms with Crippen LogP contribution in [0.15, 0.2) is 71.3 Å². The Labute approximate surface area is 201 Å². The van der Waals surface area contributed by atoms with Crippen LogP contribution in [0.2, 0.25) is 0 Å². The maximum Gasteiger partial charge on any atom is 0.248 e. The number of nitrogens with zero attached hydrogens (tertiary/aromatic N) is 3. The summed E-state index contributed by atoms with van der Waals surface area (Å²) in [5, 5.41) is 8.78. The lowest BCUT2D eigenvalue weighted by molar-refractivity contribution is -0.773. The Morgan fingerprint density at radius 1 is 0.941 bits per heavy atom. The first-order valence-corrected chi connectivity index (χ1v) is 12.4. The summed E-state index contributed by atoms with van der Waals surface area (Å²) in [4.78, 5) is 0. The molecule has 4 nitrogen and oxygen atoms in total. The standard InChI is InChI=1S/C30H32N3O/c1-19-23-14-11-21(18-24(23)26-8-6-7-17-33(26)30(5)16-15-25(19)30)28-32-31-27(34-28)20-9-12-22(13-10-20)29(2,3)4/h6-14,17-19,25H,15-16H2,1-5H3/q+1. The molecule has 2 aromatic heterocycles. The minimum atomic E-state index is 0.113. The first kappa shape index (κ1) is 21.3. The summed E-state index contributed by atoms with van der Waals surface area (Å²) in [7, 11) is 0. The molecule has 0 N–H and O–H groups in total. The van der Waals surface area contributed by atoms with Crippen molar-refractivity contribution in [1.82, 2.24) is 10.2 Å². The molecule has 0 spiro atoms. The Kier molecular flexibility index (Phi) is 4.61. The van der Waals surface area contributed by atoms with E-state index in [0.29, 0.717) is 23.6 Å². The third kappa shape index (κ3) is 3.15. The lowest BCUT2D eigenvalue weighted by Gasteiger charge is -2.44. The van der Waals surface area contributed by atoms with E-state index in [1.54, 1.807) is 0 Å². The van der Waals surface area contributed by atoms with E-state index in [1.165, 1.54) is 35.2 Å². The summed E-state index contributed by atoms with van der Waals surface area (Å²) in [6, 6.07) is 21.6. The average Bonchev–Trinajstić information content (AvgIpc) is 3.31. The predicted octanol–water partition coefficient (Wildman–Crippen LogP) is 6.90. The zero-order valence-corrected chi connectivity index (χ0v) is 20.7. The highest BCUT2D eigenvalue weighted by molar-refractivity contribution is 5.71. The molecule has 1 aliphatic carbocycles. The van der Waals surface area contributed by atoms with Crippen LogP contribution in [0.5, 0.6) is 0 Å². The molecular formula is C30H32N3O+. The Morgan fingerprint density at radius 3 is 2.32 bits per heavy atom. The number of fused-ring (bicyclic) bond motifs is 5. The number of benzene rings is 2. The van der Waals surface area contributed by atoms with Gasteiger partial charge in [-0.15, -0.1) is 10.2 Å². The van der Waals surface area contributed by atoms with Gasteiger partial charge in [0.25, 0.3) is 0 Å². The van der Waals surface area contributed by atoms with Gasteiger partial charge < -0.3 is 4.42 Å². The quantitative estimate of drug-likeness (QED) is 0.312. The number of pyridine rings is 1. The molecule has 4 heteroatoms. The Hall–Kier alpha value is -3.27. The number of hydrogen-bond donors (Lipinski definition) is 0. The van der Waals surface area contributed by atoms with Gasteiger partial charge in [-0.2, -0.15) is 4.57 Å². The molecule has 6 rings (SSSR count). The van der Waals surface area contributed by atoms with Crippen molar-refractivity contribution in [3.63, 3.8) is 0 Å². The smallest absolute Gasteiger partial charge is 0.248 e. The molecule has 1 aliphatic heterocycles. The van der Waals surface area contributed by atoms with Crippen LogP contribution in [0.3, 0.4) is 0 Å². The molecule has 4 aromatic rings. The van der Waals surface area contributed by atoms with Gasteiger partial charge in [0.2, 0.25) is 17.5 Å². The van der Waals surface area contributed by atoms with Gasteiger partial charge in [-0.3, -0.25) is 0 Å². The first-order chi connectivity index (χ1) is 16.3. The zero-order valence-electron chi connectivity index (χ0n) is 20.7. The maximum absolute atomic E-state index is 6.16. The first-order valence-electron chi connectivity index (χ1n) is 12.4.